The molecule has 0 saturated heterocycles. The van der Waals surface area contributed by atoms with Crippen molar-refractivity contribution in [3.8, 4) is 11.5 Å². The molecule has 2 atom stereocenters. The van der Waals surface area contributed by atoms with Gasteiger partial charge in [0.2, 0.25) is 0 Å². The van der Waals surface area contributed by atoms with Crippen LogP contribution in [0.15, 0.2) is 53.3 Å². The van der Waals surface area contributed by atoms with Crippen LogP contribution in [0.25, 0.3) is 17.0 Å². The SMILES string of the molecule is COc1ccc(OC)c(C=CCc2nc3ccccc3c(=O)n2CC2CCCC(CN)C2)c1. The molecule has 0 aliphatic heterocycles. The van der Waals surface area contributed by atoms with Gasteiger partial charge < -0.3 is 15.2 Å². The third kappa shape index (κ3) is 5.28. The molecule has 6 heteroatoms. The molecule has 0 radical (unpaired) electrons. The van der Waals surface area contributed by atoms with Crippen LogP contribution in [0.3, 0.4) is 0 Å². The van der Waals surface area contributed by atoms with Gasteiger partial charge in [0.1, 0.15) is 17.3 Å². The lowest BCUT2D eigenvalue weighted by Crippen LogP contribution is -2.31. The highest BCUT2D eigenvalue weighted by molar-refractivity contribution is 5.77. The van der Waals surface area contributed by atoms with Crippen molar-refractivity contribution >= 4 is 17.0 Å². The van der Waals surface area contributed by atoms with Gasteiger partial charge in [-0.1, -0.05) is 30.7 Å². The molecule has 0 bridgehead atoms. The van der Waals surface area contributed by atoms with Crippen LogP contribution in [-0.4, -0.2) is 30.3 Å². The fraction of sp³-hybridized carbons (Fsp3) is 0.407. The van der Waals surface area contributed by atoms with Gasteiger partial charge in [0, 0.05) is 18.5 Å². The summed E-state index contributed by atoms with van der Waals surface area (Å²) < 4.78 is 12.7. The number of hydrogen-bond donors (Lipinski definition) is 1. The van der Waals surface area contributed by atoms with Crippen LogP contribution in [0.4, 0.5) is 0 Å². The average molecular weight is 448 g/mol. The van der Waals surface area contributed by atoms with Crippen molar-refractivity contribution < 1.29 is 9.47 Å². The van der Waals surface area contributed by atoms with Gasteiger partial charge in [-0.05, 0) is 68.0 Å². The molecular formula is C27H33N3O3. The van der Waals surface area contributed by atoms with Crippen molar-refractivity contribution in [2.45, 2.75) is 38.6 Å². The van der Waals surface area contributed by atoms with Gasteiger partial charge in [-0.15, -0.1) is 0 Å². The van der Waals surface area contributed by atoms with E-state index in [0.717, 1.165) is 47.8 Å². The van der Waals surface area contributed by atoms with Crippen LogP contribution in [-0.2, 0) is 13.0 Å². The van der Waals surface area contributed by atoms with Crippen molar-refractivity contribution in [1.29, 1.82) is 0 Å². The Labute approximate surface area is 195 Å². The molecule has 2 aromatic carbocycles. The topological polar surface area (TPSA) is 79.4 Å². The molecule has 1 aliphatic rings. The van der Waals surface area contributed by atoms with Crippen molar-refractivity contribution in [2.24, 2.45) is 17.6 Å². The first-order valence-electron chi connectivity index (χ1n) is 11.7. The van der Waals surface area contributed by atoms with Gasteiger partial charge in [-0.25, -0.2) is 4.98 Å². The van der Waals surface area contributed by atoms with Crippen LogP contribution in [0.5, 0.6) is 11.5 Å². The summed E-state index contributed by atoms with van der Waals surface area (Å²) in [5.74, 6) is 3.33. The first-order chi connectivity index (χ1) is 16.1. The number of hydrogen-bond acceptors (Lipinski definition) is 5. The van der Waals surface area contributed by atoms with Crippen LogP contribution in [0, 0.1) is 11.8 Å². The van der Waals surface area contributed by atoms with Crippen LogP contribution >= 0.6 is 0 Å². The van der Waals surface area contributed by atoms with Gasteiger partial charge in [-0.2, -0.15) is 0 Å². The Balaban J connectivity index is 1.66. The van der Waals surface area contributed by atoms with E-state index in [1.807, 2.05) is 59.2 Å². The second-order valence-electron chi connectivity index (χ2n) is 8.81. The zero-order chi connectivity index (χ0) is 23.2. The third-order valence-corrected chi connectivity index (χ3v) is 6.64. The lowest BCUT2D eigenvalue weighted by Gasteiger charge is -2.29. The molecule has 2 unspecified atom stereocenters. The van der Waals surface area contributed by atoms with E-state index in [9.17, 15) is 4.79 Å². The summed E-state index contributed by atoms with van der Waals surface area (Å²) in [6, 6.07) is 13.3. The Hall–Kier alpha value is -3.12. The standard InChI is InChI=1S/C27H33N3O3/c1-32-22-13-14-25(33-2)21(16-22)9-6-12-26-29-24-11-4-3-10-23(24)27(31)30(26)18-20-8-5-7-19(15-20)17-28/h3-4,6,9-11,13-14,16,19-20H,5,7-8,12,15,17-18,28H2,1-2H3. The molecule has 0 amide bonds. The molecule has 0 spiro atoms. The number of benzene rings is 2. The summed E-state index contributed by atoms with van der Waals surface area (Å²) in [5.41, 5.74) is 7.65. The first kappa shape index (κ1) is 23.1. The predicted octanol–water partition coefficient (Wildman–Crippen LogP) is 4.43. The minimum Gasteiger partial charge on any atom is -0.497 e. The number of allylic oxidation sites excluding steroid dienone is 1. The molecule has 1 saturated carbocycles. The van der Waals surface area contributed by atoms with E-state index < -0.39 is 0 Å². The average Bonchev–Trinajstić information content (AvgIpc) is 2.86. The molecule has 1 aliphatic carbocycles. The maximum atomic E-state index is 13.4. The highest BCUT2D eigenvalue weighted by atomic mass is 16.5. The van der Waals surface area contributed by atoms with E-state index in [1.165, 1.54) is 12.8 Å². The van der Waals surface area contributed by atoms with E-state index in [0.29, 0.717) is 30.2 Å². The van der Waals surface area contributed by atoms with Crippen molar-refractivity contribution in [3.63, 3.8) is 0 Å². The molecule has 4 rings (SSSR count). The Bertz CT molecular complexity index is 1180. The Morgan fingerprint density at radius 1 is 1.12 bits per heavy atom. The lowest BCUT2D eigenvalue weighted by molar-refractivity contribution is 0.244. The van der Waals surface area contributed by atoms with E-state index in [2.05, 4.69) is 0 Å². The second-order valence-corrected chi connectivity index (χ2v) is 8.81. The summed E-state index contributed by atoms with van der Waals surface area (Å²) in [6.07, 6.45) is 9.15. The van der Waals surface area contributed by atoms with Crippen LogP contribution in [0.1, 0.15) is 37.1 Å². The molecule has 33 heavy (non-hydrogen) atoms. The maximum absolute atomic E-state index is 13.4. The van der Waals surface area contributed by atoms with Gasteiger partial charge in [0.25, 0.3) is 5.56 Å². The smallest absolute Gasteiger partial charge is 0.261 e. The van der Waals surface area contributed by atoms with Gasteiger partial charge in [0.05, 0.1) is 25.1 Å². The van der Waals surface area contributed by atoms with Gasteiger partial charge >= 0.3 is 0 Å². The molecule has 1 aromatic heterocycles. The number of nitrogens with zero attached hydrogens (tertiary/aromatic N) is 2. The maximum Gasteiger partial charge on any atom is 0.261 e. The molecule has 1 heterocycles. The Kier molecular flexibility index (Phi) is 7.45. The number of rotatable bonds is 8. The number of aromatic nitrogens is 2. The monoisotopic (exact) mass is 447 g/mol. The summed E-state index contributed by atoms with van der Waals surface area (Å²) in [7, 11) is 3.30. The Morgan fingerprint density at radius 3 is 2.73 bits per heavy atom. The molecule has 1 fully saturated rings. The fourth-order valence-electron chi connectivity index (χ4n) is 4.86. The summed E-state index contributed by atoms with van der Waals surface area (Å²) in [5, 5.41) is 0.672. The number of nitrogens with two attached hydrogens (primary N) is 1. The predicted molar refractivity (Wildman–Crippen MR) is 133 cm³/mol. The van der Waals surface area contributed by atoms with Crippen molar-refractivity contribution in [1.82, 2.24) is 9.55 Å². The van der Waals surface area contributed by atoms with Crippen molar-refractivity contribution in [3.05, 3.63) is 70.3 Å². The largest absolute Gasteiger partial charge is 0.497 e. The second kappa shape index (κ2) is 10.7. The summed E-state index contributed by atoms with van der Waals surface area (Å²) >= 11 is 0. The normalized spacial score (nSPS) is 18.6. The zero-order valence-electron chi connectivity index (χ0n) is 19.5. The highest BCUT2D eigenvalue weighted by Gasteiger charge is 2.23. The van der Waals surface area contributed by atoms with Gasteiger partial charge in [-0.3, -0.25) is 9.36 Å². The van der Waals surface area contributed by atoms with E-state index in [1.54, 1.807) is 14.2 Å². The Morgan fingerprint density at radius 2 is 1.94 bits per heavy atom. The van der Waals surface area contributed by atoms with E-state index in [-0.39, 0.29) is 5.56 Å². The fourth-order valence-corrected chi connectivity index (χ4v) is 4.86. The lowest BCUT2D eigenvalue weighted by atomic mass is 9.81. The van der Waals surface area contributed by atoms with Crippen LogP contribution in [0.2, 0.25) is 0 Å². The molecule has 6 nitrogen and oxygen atoms in total. The molecule has 2 N–H and O–H groups in total. The number of ether oxygens (including phenoxy) is 2. The number of methoxy groups -OCH3 is 2. The molecule has 174 valence electrons. The quantitative estimate of drug-likeness (QED) is 0.552. The van der Waals surface area contributed by atoms with E-state index in [4.69, 9.17) is 20.2 Å². The van der Waals surface area contributed by atoms with E-state index >= 15 is 0 Å². The zero-order valence-corrected chi connectivity index (χ0v) is 19.5. The first-order valence-corrected chi connectivity index (χ1v) is 11.7. The third-order valence-electron chi connectivity index (χ3n) is 6.64. The van der Waals surface area contributed by atoms with Crippen LogP contribution < -0.4 is 20.8 Å². The summed E-state index contributed by atoms with van der Waals surface area (Å²) in [4.78, 5) is 18.3. The summed E-state index contributed by atoms with van der Waals surface area (Å²) in [6.45, 7) is 1.41. The molecular weight excluding hydrogens is 414 g/mol. The highest BCUT2D eigenvalue weighted by Crippen LogP contribution is 2.30. The minimum absolute atomic E-state index is 0.0397. The number of fused-ring (bicyclic) bond motifs is 1. The molecule has 3 aromatic rings. The minimum atomic E-state index is 0.0397. The van der Waals surface area contributed by atoms with Crippen molar-refractivity contribution in [2.75, 3.05) is 20.8 Å². The van der Waals surface area contributed by atoms with Gasteiger partial charge in [0.15, 0.2) is 0 Å². The number of para-hydroxylation sites is 1.